The van der Waals surface area contributed by atoms with E-state index in [2.05, 4.69) is 29.7 Å². The number of aliphatic imine (C=N–C) groups is 1. The molecule has 0 unspecified atom stereocenters. The summed E-state index contributed by atoms with van der Waals surface area (Å²) in [5.74, 6) is 3.08. The van der Waals surface area contributed by atoms with Crippen molar-refractivity contribution < 1.29 is 18.9 Å². The summed E-state index contributed by atoms with van der Waals surface area (Å²) >= 11 is 0. The van der Waals surface area contributed by atoms with Crippen LogP contribution in [0.25, 0.3) is 0 Å². The van der Waals surface area contributed by atoms with Gasteiger partial charge in [-0.1, -0.05) is 18.2 Å². The third-order valence-electron chi connectivity index (χ3n) is 5.96. The van der Waals surface area contributed by atoms with E-state index < -0.39 is 0 Å². The fourth-order valence-corrected chi connectivity index (χ4v) is 4.02. The van der Waals surface area contributed by atoms with Crippen LogP contribution in [-0.2, 0) is 16.7 Å². The molecule has 0 spiro atoms. The van der Waals surface area contributed by atoms with E-state index in [-0.39, 0.29) is 5.41 Å². The van der Waals surface area contributed by atoms with Crippen LogP contribution < -0.4 is 24.8 Å². The smallest absolute Gasteiger partial charge is 0.191 e. The van der Waals surface area contributed by atoms with Gasteiger partial charge in [-0.3, -0.25) is 0 Å². The average molecular weight is 442 g/mol. The van der Waals surface area contributed by atoms with E-state index in [1.54, 1.807) is 21.3 Å². The van der Waals surface area contributed by atoms with Gasteiger partial charge in [-0.25, -0.2) is 4.99 Å². The fraction of sp³-hybridized carbons (Fsp3) is 0.480. The van der Waals surface area contributed by atoms with E-state index in [9.17, 15) is 0 Å². The highest BCUT2D eigenvalue weighted by Gasteiger charge is 2.34. The van der Waals surface area contributed by atoms with E-state index in [4.69, 9.17) is 23.9 Å². The lowest BCUT2D eigenvalue weighted by Crippen LogP contribution is -2.48. The van der Waals surface area contributed by atoms with Crippen LogP contribution >= 0.6 is 0 Å². The molecule has 1 fully saturated rings. The molecule has 2 aromatic carbocycles. The molecule has 0 aliphatic carbocycles. The molecule has 1 aliphatic heterocycles. The number of hydrogen-bond donors (Lipinski definition) is 2. The zero-order valence-electron chi connectivity index (χ0n) is 19.6. The maximum Gasteiger partial charge on any atom is 0.191 e. The average Bonchev–Trinajstić information content (AvgIpc) is 2.86. The Labute approximate surface area is 191 Å². The highest BCUT2D eigenvalue weighted by Crippen LogP contribution is 2.35. The van der Waals surface area contributed by atoms with Crippen LogP contribution in [0.5, 0.6) is 17.2 Å². The lowest BCUT2D eigenvalue weighted by atomic mass is 9.74. The highest BCUT2D eigenvalue weighted by molar-refractivity contribution is 5.79. The van der Waals surface area contributed by atoms with Crippen molar-refractivity contribution in [1.82, 2.24) is 10.6 Å². The summed E-state index contributed by atoms with van der Waals surface area (Å²) in [6.45, 7) is 5.69. The molecule has 0 saturated carbocycles. The van der Waals surface area contributed by atoms with Crippen LogP contribution in [0.15, 0.2) is 47.5 Å². The molecule has 2 N–H and O–H groups in total. The second-order valence-electron chi connectivity index (χ2n) is 7.86. The summed E-state index contributed by atoms with van der Waals surface area (Å²) in [7, 11) is 4.97. The third kappa shape index (κ3) is 5.85. The van der Waals surface area contributed by atoms with Gasteiger partial charge in [-0.2, -0.15) is 0 Å². The van der Waals surface area contributed by atoms with Gasteiger partial charge in [0.25, 0.3) is 0 Å². The summed E-state index contributed by atoms with van der Waals surface area (Å²) in [4.78, 5) is 4.80. The standard InChI is InChI=1S/C25H35N3O4/c1-5-26-24(27-17-19-6-11-22(30-3)23(16-19)31-4)28-18-25(12-14-32-15-13-25)20-7-9-21(29-2)10-8-20/h6-11,16H,5,12-15,17-18H2,1-4H3,(H2,26,27,28). The van der Waals surface area contributed by atoms with Crippen LogP contribution in [0.3, 0.4) is 0 Å². The van der Waals surface area contributed by atoms with E-state index >= 15 is 0 Å². The number of ether oxygens (including phenoxy) is 4. The Morgan fingerprint density at radius 2 is 1.66 bits per heavy atom. The zero-order chi connectivity index (χ0) is 22.8. The van der Waals surface area contributed by atoms with Crippen molar-refractivity contribution in [2.24, 2.45) is 4.99 Å². The Kier molecular flexibility index (Phi) is 8.62. The second-order valence-corrected chi connectivity index (χ2v) is 7.86. The highest BCUT2D eigenvalue weighted by atomic mass is 16.5. The molecule has 174 valence electrons. The Balaban J connectivity index is 1.74. The number of benzene rings is 2. The molecular weight excluding hydrogens is 406 g/mol. The van der Waals surface area contributed by atoms with Gasteiger partial charge in [-0.05, 0) is 55.2 Å². The van der Waals surface area contributed by atoms with Crippen molar-refractivity contribution in [3.63, 3.8) is 0 Å². The predicted molar refractivity (Wildman–Crippen MR) is 127 cm³/mol. The molecule has 0 atom stereocenters. The molecule has 1 heterocycles. The molecule has 2 aromatic rings. The summed E-state index contributed by atoms with van der Waals surface area (Å²) in [5, 5.41) is 6.94. The Bertz CT molecular complexity index is 877. The summed E-state index contributed by atoms with van der Waals surface area (Å²) in [6.07, 6.45) is 1.92. The molecule has 3 rings (SSSR count). The molecule has 0 aromatic heterocycles. The lowest BCUT2D eigenvalue weighted by Gasteiger charge is -2.38. The zero-order valence-corrected chi connectivity index (χ0v) is 19.6. The van der Waals surface area contributed by atoms with Gasteiger partial charge in [-0.15, -0.1) is 0 Å². The largest absolute Gasteiger partial charge is 0.497 e. The molecule has 0 bridgehead atoms. The van der Waals surface area contributed by atoms with Gasteiger partial charge in [0, 0.05) is 31.7 Å². The van der Waals surface area contributed by atoms with E-state index in [0.717, 1.165) is 56.4 Å². The van der Waals surface area contributed by atoms with Crippen molar-refractivity contribution in [2.45, 2.75) is 31.7 Å². The van der Waals surface area contributed by atoms with E-state index in [1.807, 2.05) is 30.3 Å². The Morgan fingerprint density at radius 3 is 2.28 bits per heavy atom. The van der Waals surface area contributed by atoms with E-state index in [0.29, 0.717) is 18.0 Å². The lowest BCUT2D eigenvalue weighted by molar-refractivity contribution is 0.0513. The molecule has 32 heavy (non-hydrogen) atoms. The van der Waals surface area contributed by atoms with Crippen molar-refractivity contribution in [2.75, 3.05) is 47.6 Å². The van der Waals surface area contributed by atoms with Gasteiger partial charge in [0.2, 0.25) is 0 Å². The first kappa shape index (κ1) is 23.7. The first-order chi connectivity index (χ1) is 15.6. The van der Waals surface area contributed by atoms with Crippen LogP contribution in [0.4, 0.5) is 0 Å². The van der Waals surface area contributed by atoms with Crippen LogP contribution in [0.1, 0.15) is 30.9 Å². The first-order valence-corrected chi connectivity index (χ1v) is 11.1. The summed E-state index contributed by atoms with van der Waals surface area (Å²) < 4.78 is 21.7. The van der Waals surface area contributed by atoms with E-state index in [1.165, 1.54) is 5.56 Å². The van der Waals surface area contributed by atoms with Crippen LogP contribution in [0, 0.1) is 0 Å². The minimum atomic E-state index is -0.00987. The van der Waals surface area contributed by atoms with Crippen molar-refractivity contribution >= 4 is 5.96 Å². The Hall–Kier alpha value is -2.93. The van der Waals surface area contributed by atoms with Crippen molar-refractivity contribution in [3.05, 3.63) is 53.6 Å². The van der Waals surface area contributed by atoms with Gasteiger partial charge >= 0.3 is 0 Å². The summed E-state index contributed by atoms with van der Waals surface area (Å²) in [6, 6.07) is 14.3. The maximum atomic E-state index is 5.67. The molecular formula is C25H35N3O4. The normalized spacial score (nSPS) is 15.7. The first-order valence-electron chi connectivity index (χ1n) is 11.1. The molecule has 1 aliphatic rings. The van der Waals surface area contributed by atoms with Gasteiger partial charge in [0.15, 0.2) is 17.5 Å². The maximum absolute atomic E-state index is 5.67. The van der Waals surface area contributed by atoms with Gasteiger partial charge in [0.1, 0.15) is 5.75 Å². The number of nitrogens with one attached hydrogen (secondary N) is 2. The fourth-order valence-electron chi connectivity index (χ4n) is 4.02. The van der Waals surface area contributed by atoms with Crippen LogP contribution in [-0.4, -0.2) is 53.6 Å². The monoisotopic (exact) mass is 441 g/mol. The molecule has 7 heteroatoms. The summed E-state index contributed by atoms with van der Waals surface area (Å²) in [5.41, 5.74) is 2.34. The minimum absolute atomic E-state index is 0.00987. The third-order valence-corrected chi connectivity index (χ3v) is 5.96. The van der Waals surface area contributed by atoms with Gasteiger partial charge < -0.3 is 29.6 Å². The quantitative estimate of drug-likeness (QED) is 0.458. The van der Waals surface area contributed by atoms with Crippen molar-refractivity contribution in [1.29, 1.82) is 0 Å². The molecule has 1 saturated heterocycles. The number of rotatable bonds is 9. The molecule has 0 radical (unpaired) electrons. The second kappa shape index (κ2) is 11.6. The number of hydrogen-bond acceptors (Lipinski definition) is 5. The topological polar surface area (TPSA) is 73.3 Å². The number of guanidine groups is 1. The number of methoxy groups -OCH3 is 3. The van der Waals surface area contributed by atoms with Gasteiger partial charge in [0.05, 0.1) is 27.9 Å². The number of nitrogens with zero attached hydrogens (tertiary/aromatic N) is 1. The molecule has 0 amide bonds. The minimum Gasteiger partial charge on any atom is -0.497 e. The van der Waals surface area contributed by atoms with Crippen molar-refractivity contribution in [3.8, 4) is 17.2 Å². The molecule has 7 nitrogen and oxygen atoms in total. The predicted octanol–water partition coefficient (Wildman–Crippen LogP) is 3.52. The Morgan fingerprint density at radius 1 is 0.938 bits per heavy atom. The van der Waals surface area contributed by atoms with Crippen LogP contribution in [0.2, 0.25) is 0 Å². The SMILES string of the molecule is CCNC(=NCc1ccc(OC)c(OC)c1)NCC1(c2ccc(OC)cc2)CCOCC1.